The summed E-state index contributed by atoms with van der Waals surface area (Å²) in [7, 11) is 0. The Kier molecular flexibility index (Phi) is 6.76. The van der Waals surface area contributed by atoms with Gasteiger partial charge in [0, 0.05) is 43.0 Å². The molecule has 2 heterocycles. The number of furan rings is 1. The molecule has 0 bridgehead atoms. The van der Waals surface area contributed by atoms with Crippen molar-refractivity contribution in [3.8, 4) is 22.3 Å². The molecule has 0 atom stereocenters. The first kappa shape index (κ1) is 30.0. The maximum absolute atomic E-state index is 6.54. The molecule has 2 nitrogen and oxygen atoms in total. The van der Waals surface area contributed by atoms with E-state index in [4.69, 9.17) is 4.42 Å². The molecule has 9 aromatic carbocycles. The predicted octanol–water partition coefficient (Wildman–Crippen LogP) is 15.1. The van der Waals surface area contributed by atoms with E-state index < -0.39 is 0 Å². The highest BCUT2D eigenvalue weighted by molar-refractivity contribution is 7.26. The third kappa shape index (κ3) is 4.86. The van der Waals surface area contributed by atoms with Crippen LogP contribution in [0.25, 0.3) is 85.9 Å². The van der Waals surface area contributed by atoms with Crippen molar-refractivity contribution in [2.45, 2.75) is 0 Å². The number of nitrogens with zero attached hydrogens (tertiary/aromatic N) is 1. The van der Waals surface area contributed by atoms with Gasteiger partial charge in [0.05, 0.1) is 10.4 Å². The molecule has 0 saturated heterocycles. The number of fused-ring (bicyclic) bond motifs is 9. The lowest BCUT2D eigenvalue weighted by atomic mass is 9.97. The number of thiophene rings is 1. The van der Waals surface area contributed by atoms with E-state index in [1.54, 1.807) is 0 Å². The van der Waals surface area contributed by atoms with Crippen molar-refractivity contribution in [2.24, 2.45) is 0 Å². The fourth-order valence-corrected chi connectivity index (χ4v) is 9.32. The van der Waals surface area contributed by atoms with Crippen molar-refractivity contribution >= 4 is 92.1 Å². The van der Waals surface area contributed by atoms with Crippen LogP contribution in [0.15, 0.2) is 192 Å². The fraction of sp³-hybridized carbons (Fsp3) is 0. The summed E-state index contributed by atoms with van der Waals surface area (Å²) in [6.45, 7) is 0. The molecule has 0 fully saturated rings. The first-order valence-electron chi connectivity index (χ1n) is 18.0. The summed E-state index contributed by atoms with van der Waals surface area (Å²) >= 11 is 1.86. The van der Waals surface area contributed by atoms with Crippen LogP contribution in [-0.2, 0) is 0 Å². The van der Waals surface area contributed by atoms with Crippen LogP contribution >= 0.6 is 11.3 Å². The number of hydrogen-bond donors (Lipinski definition) is 0. The average molecular weight is 694 g/mol. The molecule has 0 saturated carbocycles. The van der Waals surface area contributed by atoms with Gasteiger partial charge in [0.1, 0.15) is 11.2 Å². The van der Waals surface area contributed by atoms with Crippen molar-refractivity contribution in [1.82, 2.24) is 0 Å². The van der Waals surface area contributed by atoms with Crippen LogP contribution in [-0.4, -0.2) is 0 Å². The Bertz CT molecular complexity index is 3190. The molecule has 248 valence electrons. The molecule has 11 rings (SSSR count). The molecule has 11 aromatic rings. The van der Waals surface area contributed by atoms with Crippen molar-refractivity contribution in [2.75, 3.05) is 4.90 Å². The third-order valence-corrected chi connectivity index (χ3v) is 11.8. The second-order valence-corrected chi connectivity index (χ2v) is 14.7. The summed E-state index contributed by atoms with van der Waals surface area (Å²) < 4.78 is 9.10. The van der Waals surface area contributed by atoms with Crippen LogP contribution in [0.5, 0.6) is 0 Å². The van der Waals surface area contributed by atoms with Crippen LogP contribution in [0, 0.1) is 0 Å². The zero-order chi connectivity index (χ0) is 34.9. The van der Waals surface area contributed by atoms with Crippen molar-refractivity contribution in [1.29, 1.82) is 0 Å². The summed E-state index contributed by atoms with van der Waals surface area (Å²) in [4.78, 5) is 2.42. The van der Waals surface area contributed by atoms with Crippen molar-refractivity contribution < 1.29 is 4.42 Å². The Hall–Kier alpha value is -6.68. The van der Waals surface area contributed by atoms with Gasteiger partial charge in [-0.25, -0.2) is 0 Å². The lowest BCUT2D eigenvalue weighted by molar-refractivity contribution is 0.673. The Balaban J connectivity index is 1.08. The molecule has 0 unspecified atom stereocenters. The van der Waals surface area contributed by atoms with Crippen LogP contribution < -0.4 is 4.90 Å². The fourth-order valence-electron chi connectivity index (χ4n) is 8.11. The van der Waals surface area contributed by atoms with Gasteiger partial charge in [0.15, 0.2) is 0 Å². The van der Waals surface area contributed by atoms with E-state index in [0.717, 1.165) is 44.3 Å². The zero-order valence-electron chi connectivity index (χ0n) is 28.7. The molecule has 0 spiro atoms. The number of anilines is 3. The molecule has 0 aliphatic rings. The van der Waals surface area contributed by atoms with Gasteiger partial charge in [-0.15, -0.1) is 11.3 Å². The normalized spacial score (nSPS) is 11.8. The molecular formula is C50H31NOS. The molecule has 0 aliphatic heterocycles. The van der Waals surface area contributed by atoms with Gasteiger partial charge in [-0.05, 0) is 93.0 Å². The summed E-state index contributed by atoms with van der Waals surface area (Å²) in [5.41, 5.74) is 9.94. The summed E-state index contributed by atoms with van der Waals surface area (Å²) in [5.74, 6) is 0. The van der Waals surface area contributed by atoms with E-state index in [1.807, 2.05) is 11.3 Å². The van der Waals surface area contributed by atoms with Crippen LogP contribution in [0.1, 0.15) is 0 Å². The van der Waals surface area contributed by atoms with Crippen molar-refractivity contribution in [3.05, 3.63) is 188 Å². The van der Waals surface area contributed by atoms with E-state index in [9.17, 15) is 0 Å². The zero-order valence-corrected chi connectivity index (χ0v) is 29.5. The van der Waals surface area contributed by atoms with Crippen LogP contribution in [0.3, 0.4) is 0 Å². The van der Waals surface area contributed by atoms with Gasteiger partial charge < -0.3 is 9.32 Å². The average Bonchev–Trinajstić information content (AvgIpc) is 3.81. The summed E-state index contributed by atoms with van der Waals surface area (Å²) in [6.07, 6.45) is 0. The number of hydrogen-bond acceptors (Lipinski definition) is 3. The second-order valence-electron chi connectivity index (χ2n) is 13.7. The predicted molar refractivity (Wildman–Crippen MR) is 227 cm³/mol. The Morgan fingerprint density at radius 3 is 2.02 bits per heavy atom. The van der Waals surface area contributed by atoms with Gasteiger partial charge in [0.2, 0.25) is 0 Å². The molecular weight excluding hydrogens is 663 g/mol. The monoisotopic (exact) mass is 693 g/mol. The Labute approximate surface area is 310 Å². The third-order valence-electron chi connectivity index (χ3n) is 10.6. The highest BCUT2D eigenvalue weighted by Gasteiger charge is 2.20. The van der Waals surface area contributed by atoms with Crippen LogP contribution in [0.4, 0.5) is 17.1 Å². The molecule has 0 radical (unpaired) electrons. The molecule has 0 amide bonds. The van der Waals surface area contributed by atoms with E-state index in [1.165, 1.54) is 58.7 Å². The minimum Gasteiger partial charge on any atom is -0.455 e. The molecule has 0 aliphatic carbocycles. The minimum absolute atomic E-state index is 0.904. The summed E-state index contributed by atoms with van der Waals surface area (Å²) in [6, 6.07) is 68.0. The lowest BCUT2D eigenvalue weighted by Crippen LogP contribution is -2.10. The maximum Gasteiger partial charge on any atom is 0.143 e. The highest BCUT2D eigenvalue weighted by atomic mass is 32.1. The smallest absolute Gasteiger partial charge is 0.143 e. The van der Waals surface area contributed by atoms with Gasteiger partial charge in [-0.2, -0.15) is 0 Å². The Morgan fingerprint density at radius 2 is 1.11 bits per heavy atom. The minimum atomic E-state index is 0.904. The number of rotatable bonds is 5. The first-order valence-corrected chi connectivity index (χ1v) is 18.8. The molecule has 53 heavy (non-hydrogen) atoms. The largest absolute Gasteiger partial charge is 0.455 e. The Morgan fingerprint density at radius 1 is 0.415 bits per heavy atom. The van der Waals surface area contributed by atoms with E-state index in [-0.39, 0.29) is 0 Å². The molecule has 3 heteroatoms. The number of benzene rings is 9. The topological polar surface area (TPSA) is 16.4 Å². The first-order chi connectivity index (χ1) is 26.3. The quantitative estimate of drug-likeness (QED) is 0.178. The second kappa shape index (κ2) is 11.9. The maximum atomic E-state index is 6.54. The van der Waals surface area contributed by atoms with Gasteiger partial charge in [0.25, 0.3) is 0 Å². The van der Waals surface area contributed by atoms with Crippen LogP contribution in [0.2, 0.25) is 0 Å². The standard InChI is InChI=1S/C50H31NOS/c1-2-12-35-30-37(23-22-32(35)10-1)36-13-7-14-39(31-36)51(45-19-8-18-43-42-16-5-6-21-47(42)53-50(43)45)38-27-24-34(25-28-38)40-17-9-20-46-48(40)44-29-26-33-11-3-4-15-41(33)49(44)52-46/h1-31H. The summed E-state index contributed by atoms with van der Waals surface area (Å²) in [5, 5.41) is 9.68. The molecule has 2 aromatic heterocycles. The van der Waals surface area contributed by atoms with E-state index >= 15 is 0 Å². The SMILES string of the molecule is c1cc(-c2ccc3ccccc3c2)cc(N(c2ccc(-c3cccc4oc5c6ccccc6ccc5c34)cc2)c2cccc3c2sc2ccccc23)c1. The highest BCUT2D eigenvalue weighted by Crippen LogP contribution is 2.46. The van der Waals surface area contributed by atoms with Gasteiger partial charge in [-0.3, -0.25) is 0 Å². The van der Waals surface area contributed by atoms with Gasteiger partial charge >= 0.3 is 0 Å². The van der Waals surface area contributed by atoms with Crippen molar-refractivity contribution in [3.63, 3.8) is 0 Å². The van der Waals surface area contributed by atoms with E-state index in [0.29, 0.717) is 0 Å². The van der Waals surface area contributed by atoms with E-state index in [2.05, 4.69) is 193 Å². The molecule has 0 N–H and O–H groups in total. The lowest BCUT2D eigenvalue weighted by Gasteiger charge is -2.27. The van der Waals surface area contributed by atoms with Gasteiger partial charge in [-0.1, -0.05) is 133 Å².